The molecule has 10 heteroatoms. The summed E-state index contributed by atoms with van der Waals surface area (Å²) in [6.07, 6.45) is 3.05. The first-order valence-corrected chi connectivity index (χ1v) is 9.72. The lowest BCUT2D eigenvalue weighted by atomic mass is 10.0. The highest BCUT2D eigenvalue weighted by Gasteiger charge is 2.21. The van der Waals surface area contributed by atoms with Crippen molar-refractivity contribution in [3.8, 4) is 0 Å². The zero-order valence-electron chi connectivity index (χ0n) is 16.9. The van der Waals surface area contributed by atoms with Gasteiger partial charge in [0.2, 0.25) is 5.95 Å². The molecular formula is C21H23N5O5. The molecule has 0 spiro atoms. The van der Waals surface area contributed by atoms with Gasteiger partial charge in [-0.15, -0.1) is 0 Å². The van der Waals surface area contributed by atoms with Gasteiger partial charge in [0.15, 0.2) is 0 Å². The minimum absolute atomic E-state index is 0.0404. The molecule has 31 heavy (non-hydrogen) atoms. The first-order chi connectivity index (χ1) is 14.7. The van der Waals surface area contributed by atoms with E-state index in [4.69, 9.17) is 5.73 Å². The minimum atomic E-state index is -1.18. The highest BCUT2D eigenvalue weighted by Crippen LogP contribution is 2.16. The number of fused-ring (bicyclic) bond motifs is 1. The average Bonchev–Trinajstić information content (AvgIpc) is 3.12. The molecule has 0 unspecified atom stereocenters. The number of nitrogens with one attached hydrogen (secondary N) is 3. The lowest BCUT2D eigenvalue weighted by Crippen LogP contribution is -2.41. The summed E-state index contributed by atoms with van der Waals surface area (Å²) in [5.74, 6) is -1.79. The van der Waals surface area contributed by atoms with Crippen molar-refractivity contribution in [3.63, 3.8) is 0 Å². The van der Waals surface area contributed by atoms with Crippen LogP contribution in [0.5, 0.6) is 0 Å². The van der Waals surface area contributed by atoms with Crippen molar-refractivity contribution in [1.82, 2.24) is 20.3 Å². The number of nitrogens with two attached hydrogens (primary N) is 1. The van der Waals surface area contributed by atoms with Crippen molar-refractivity contribution in [1.29, 1.82) is 0 Å². The fourth-order valence-corrected chi connectivity index (χ4v) is 3.27. The third-order valence-corrected chi connectivity index (χ3v) is 4.94. The van der Waals surface area contributed by atoms with Gasteiger partial charge < -0.3 is 30.9 Å². The van der Waals surface area contributed by atoms with E-state index >= 15 is 0 Å². The normalized spacial score (nSPS) is 11.9. The zero-order chi connectivity index (χ0) is 22.5. The highest BCUT2D eigenvalue weighted by atomic mass is 16.4. The molecule has 0 aliphatic carbocycles. The van der Waals surface area contributed by atoms with Gasteiger partial charge in [0.25, 0.3) is 11.5 Å². The predicted molar refractivity (Wildman–Crippen MR) is 114 cm³/mol. The largest absolute Gasteiger partial charge is 0.480 e. The number of aromatic nitrogens is 3. The van der Waals surface area contributed by atoms with Gasteiger partial charge in [-0.1, -0.05) is 12.1 Å². The van der Waals surface area contributed by atoms with Crippen molar-refractivity contribution in [2.75, 3.05) is 5.73 Å². The number of rotatable bonds is 9. The van der Waals surface area contributed by atoms with Crippen LogP contribution in [0.4, 0.5) is 5.95 Å². The van der Waals surface area contributed by atoms with Crippen LogP contribution in [0.3, 0.4) is 0 Å². The molecule has 0 aliphatic heterocycles. The average molecular weight is 425 g/mol. The summed E-state index contributed by atoms with van der Waals surface area (Å²) < 4.78 is 0. The maximum atomic E-state index is 12.4. The second kappa shape index (κ2) is 9.24. The lowest BCUT2D eigenvalue weighted by molar-refractivity contribution is -0.139. The van der Waals surface area contributed by atoms with Gasteiger partial charge in [-0.05, 0) is 49.4 Å². The van der Waals surface area contributed by atoms with E-state index in [2.05, 4.69) is 20.3 Å². The number of carbonyl (C=O) groups excluding carboxylic acids is 2. The fourth-order valence-electron chi connectivity index (χ4n) is 3.27. The first kappa shape index (κ1) is 21.8. The number of anilines is 1. The van der Waals surface area contributed by atoms with Gasteiger partial charge in [-0.25, -0.2) is 4.79 Å². The molecule has 0 saturated carbocycles. The summed E-state index contributed by atoms with van der Waals surface area (Å²) in [4.78, 5) is 56.3. The quantitative estimate of drug-likeness (QED) is 0.342. The highest BCUT2D eigenvalue weighted by molar-refractivity contribution is 5.96. The Hall–Kier alpha value is -3.95. The molecule has 0 saturated heterocycles. The molecule has 0 aliphatic rings. The van der Waals surface area contributed by atoms with Crippen molar-refractivity contribution < 1.29 is 19.5 Å². The van der Waals surface area contributed by atoms with Gasteiger partial charge >= 0.3 is 5.97 Å². The third kappa shape index (κ3) is 5.35. The number of carboxylic acid groups (broad SMARTS) is 1. The Bertz CT molecular complexity index is 1180. The number of hydrogen-bond donors (Lipinski definition) is 5. The Labute approximate surface area is 176 Å². The molecule has 0 radical (unpaired) electrons. The van der Waals surface area contributed by atoms with E-state index in [1.165, 1.54) is 6.92 Å². The summed E-state index contributed by atoms with van der Waals surface area (Å²) in [6.45, 7) is 1.37. The molecule has 1 amide bonds. The number of hydrogen-bond acceptors (Lipinski definition) is 6. The van der Waals surface area contributed by atoms with Crippen LogP contribution < -0.4 is 16.6 Å². The van der Waals surface area contributed by atoms with E-state index in [1.807, 2.05) is 0 Å². The molecule has 162 valence electrons. The number of aliphatic carboxylic acids is 1. The van der Waals surface area contributed by atoms with Gasteiger partial charge in [-0.2, -0.15) is 4.98 Å². The molecule has 2 aromatic heterocycles. The molecule has 0 fully saturated rings. The maximum absolute atomic E-state index is 12.4. The van der Waals surface area contributed by atoms with E-state index in [0.29, 0.717) is 29.4 Å². The van der Waals surface area contributed by atoms with Crippen LogP contribution in [-0.4, -0.2) is 43.8 Å². The molecular weight excluding hydrogens is 402 g/mol. The molecule has 10 nitrogen and oxygen atoms in total. The number of ketones is 1. The number of Topliss-reactive ketones (excluding diaryl/α,β-unsaturated/α-hetero) is 1. The van der Waals surface area contributed by atoms with Gasteiger partial charge in [0.1, 0.15) is 17.5 Å². The van der Waals surface area contributed by atoms with E-state index in [-0.39, 0.29) is 24.6 Å². The van der Waals surface area contributed by atoms with Crippen molar-refractivity contribution in [3.05, 3.63) is 57.5 Å². The standard InChI is InChI=1S/C21H23N5O5/c1-11(27)2-9-15(20(30)31)24-18(28)13-6-3-12(4-7-13)5-8-14-10-23-17-16(14)19(29)26-21(22)25-17/h3-4,6-7,10,15H,2,5,8-9H2,1H3,(H,24,28)(H,30,31)(H4,22,23,25,26,29)/t15-/m0/s1. The number of amides is 1. The smallest absolute Gasteiger partial charge is 0.326 e. The van der Waals surface area contributed by atoms with Crippen LogP contribution in [0.25, 0.3) is 11.0 Å². The summed E-state index contributed by atoms with van der Waals surface area (Å²) in [7, 11) is 0. The Morgan fingerprint density at radius 2 is 1.90 bits per heavy atom. The van der Waals surface area contributed by atoms with Crippen LogP contribution in [0.2, 0.25) is 0 Å². The van der Waals surface area contributed by atoms with Crippen LogP contribution in [0, 0.1) is 0 Å². The Morgan fingerprint density at radius 1 is 1.19 bits per heavy atom. The topological polar surface area (TPSA) is 171 Å². The minimum Gasteiger partial charge on any atom is -0.480 e. The number of aromatic amines is 2. The molecule has 6 N–H and O–H groups in total. The summed E-state index contributed by atoms with van der Waals surface area (Å²) >= 11 is 0. The van der Waals surface area contributed by atoms with Crippen LogP contribution in [-0.2, 0) is 22.4 Å². The molecule has 2 heterocycles. The number of carbonyl (C=O) groups is 3. The molecule has 3 aromatic rings. The summed E-state index contributed by atoms with van der Waals surface area (Å²) in [5.41, 5.74) is 7.74. The van der Waals surface area contributed by atoms with Gasteiger partial charge in [0, 0.05) is 18.2 Å². The Morgan fingerprint density at radius 3 is 2.55 bits per heavy atom. The number of carboxylic acids is 1. The number of H-pyrrole nitrogens is 2. The van der Waals surface area contributed by atoms with Crippen molar-refractivity contribution in [2.45, 2.75) is 38.6 Å². The van der Waals surface area contributed by atoms with E-state index in [9.17, 15) is 24.3 Å². The van der Waals surface area contributed by atoms with Gasteiger partial charge in [-0.3, -0.25) is 9.59 Å². The second-order valence-electron chi connectivity index (χ2n) is 7.29. The van der Waals surface area contributed by atoms with Crippen LogP contribution in [0.1, 0.15) is 41.3 Å². The van der Waals surface area contributed by atoms with E-state index in [0.717, 1.165) is 11.1 Å². The van der Waals surface area contributed by atoms with Crippen LogP contribution >= 0.6 is 0 Å². The first-order valence-electron chi connectivity index (χ1n) is 9.72. The Balaban J connectivity index is 1.64. The molecule has 3 rings (SSSR count). The van der Waals surface area contributed by atoms with Crippen molar-refractivity contribution in [2.24, 2.45) is 0 Å². The number of nitrogen functional groups attached to an aromatic ring is 1. The fraction of sp³-hybridized carbons (Fsp3) is 0.286. The maximum Gasteiger partial charge on any atom is 0.326 e. The monoisotopic (exact) mass is 425 g/mol. The van der Waals surface area contributed by atoms with Crippen LogP contribution in [0.15, 0.2) is 35.3 Å². The molecule has 1 aromatic carbocycles. The lowest BCUT2D eigenvalue weighted by Gasteiger charge is -2.14. The van der Waals surface area contributed by atoms with E-state index in [1.54, 1.807) is 30.5 Å². The second-order valence-corrected chi connectivity index (χ2v) is 7.29. The summed E-state index contributed by atoms with van der Waals surface area (Å²) in [6, 6.07) is 5.64. The predicted octanol–water partition coefficient (Wildman–Crippen LogP) is 1.17. The molecule has 1 atom stereocenters. The number of aryl methyl sites for hydroxylation is 2. The van der Waals surface area contributed by atoms with Gasteiger partial charge in [0.05, 0.1) is 5.39 Å². The molecule has 0 bridgehead atoms. The number of nitrogens with zero attached hydrogens (tertiary/aromatic N) is 1. The Kier molecular flexibility index (Phi) is 6.49. The summed E-state index contributed by atoms with van der Waals surface area (Å²) in [5, 5.41) is 12.1. The SMILES string of the molecule is CC(=O)CC[C@H](NC(=O)c1ccc(CCc2c[nH]c3[nH]c(N)nc(=O)c23)cc1)C(=O)O. The van der Waals surface area contributed by atoms with Crippen molar-refractivity contribution >= 4 is 34.6 Å². The number of benzene rings is 1. The van der Waals surface area contributed by atoms with E-state index < -0.39 is 23.5 Å². The zero-order valence-corrected chi connectivity index (χ0v) is 16.9. The third-order valence-electron chi connectivity index (χ3n) is 4.94.